The molecule has 0 saturated carbocycles. The van der Waals surface area contributed by atoms with Crippen molar-refractivity contribution >= 4 is 16.9 Å². The predicted molar refractivity (Wildman–Crippen MR) is 84.1 cm³/mol. The van der Waals surface area contributed by atoms with E-state index in [1.807, 2.05) is 0 Å². The lowest BCUT2D eigenvalue weighted by atomic mass is 10.1. The Balaban J connectivity index is 2.11. The Bertz CT molecular complexity index is 764. The van der Waals surface area contributed by atoms with Gasteiger partial charge in [-0.3, -0.25) is 9.36 Å². The topological polar surface area (TPSA) is 61.2 Å². The molecule has 1 aliphatic heterocycles. The summed E-state index contributed by atoms with van der Waals surface area (Å²) in [6.07, 6.45) is 5.22. The lowest BCUT2D eigenvalue weighted by Gasteiger charge is -2.16. The number of ether oxygens (including phenoxy) is 1. The van der Waals surface area contributed by atoms with Gasteiger partial charge in [-0.05, 0) is 38.0 Å². The van der Waals surface area contributed by atoms with Crippen molar-refractivity contribution in [1.29, 1.82) is 0 Å². The van der Waals surface area contributed by atoms with Crippen molar-refractivity contribution < 1.29 is 9.53 Å². The van der Waals surface area contributed by atoms with E-state index < -0.39 is 0 Å². The maximum absolute atomic E-state index is 12.7. The highest BCUT2D eigenvalue weighted by molar-refractivity contribution is 5.94. The molecule has 1 aliphatic rings. The molecule has 2 heterocycles. The van der Waals surface area contributed by atoms with Gasteiger partial charge in [-0.25, -0.2) is 9.78 Å². The molecule has 116 valence electrons. The van der Waals surface area contributed by atoms with Crippen molar-refractivity contribution in [2.24, 2.45) is 0 Å². The number of rotatable bonds is 2. The Morgan fingerprint density at radius 1 is 1.27 bits per heavy atom. The van der Waals surface area contributed by atoms with Gasteiger partial charge in [-0.2, -0.15) is 0 Å². The van der Waals surface area contributed by atoms with Gasteiger partial charge in [-0.1, -0.05) is 12.8 Å². The number of hydrogen-bond acceptors (Lipinski definition) is 4. The van der Waals surface area contributed by atoms with Gasteiger partial charge in [0.25, 0.3) is 5.56 Å². The lowest BCUT2D eigenvalue weighted by molar-refractivity contribution is 0.0526. The zero-order valence-corrected chi connectivity index (χ0v) is 12.8. The van der Waals surface area contributed by atoms with Crippen LogP contribution in [-0.2, 0) is 17.7 Å². The first kappa shape index (κ1) is 14.8. The third kappa shape index (κ3) is 2.75. The second kappa shape index (κ2) is 6.30. The van der Waals surface area contributed by atoms with Crippen LogP contribution in [0.1, 0.15) is 48.8 Å². The van der Waals surface area contributed by atoms with Crippen molar-refractivity contribution in [2.45, 2.75) is 45.6 Å². The van der Waals surface area contributed by atoms with Crippen molar-refractivity contribution in [2.75, 3.05) is 6.61 Å². The largest absolute Gasteiger partial charge is 0.462 e. The predicted octanol–water partition coefficient (Wildman–Crippen LogP) is 2.69. The van der Waals surface area contributed by atoms with E-state index in [1.54, 1.807) is 29.7 Å². The summed E-state index contributed by atoms with van der Waals surface area (Å²) < 4.78 is 6.80. The number of fused-ring (bicyclic) bond motifs is 2. The Kier molecular flexibility index (Phi) is 4.22. The normalized spacial score (nSPS) is 15.0. The van der Waals surface area contributed by atoms with Crippen LogP contribution in [0.3, 0.4) is 0 Å². The molecule has 2 aromatic rings. The molecule has 22 heavy (non-hydrogen) atoms. The smallest absolute Gasteiger partial charge is 0.338 e. The number of benzene rings is 1. The number of nitrogens with zero attached hydrogens (tertiary/aromatic N) is 2. The molecule has 0 saturated heterocycles. The number of hydrogen-bond donors (Lipinski definition) is 0. The number of aromatic nitrogens is 2. The number of carbonyl (C=O) groups excluding carboxylic acids is 1. The number of esters is 1. The summed E-state index contributed by atoms with van der Waals surface area (Å²) in [5.41, 5.74) is 1.02. The van der Waals surface area contributed by atoms with Crippen molar-refractivity contribution in [1.82, 2.24) is 9.55 Å². The fraction of sp³-hybridized carbons (Fsp3) is 0.471. The molecule has 1 aromatic heterocycles. The molecule has 0 aliphatic carbocycles. The first-order valence-corrected chi connectivity index (χ1v) is 7.91. The van der Waals surface area contributed by atoms with E-state index >= 15 is 0 Å². The molecule has 5 nitrogen and oxygen atoms in total. The highest BCUT2D eigenvalue weighted by atomic mass is 16.5. The third-order valence-corrected chi connectivity index (χ3v) is 4.08. The molecule has 0 amide bonds. The fourth-order valence-electron chi connectivity index (χ4n) is 2.94. The van der Waals surface area contributed by atoms with E-state index in [0.29, 0.717) is 23.1 Å². The number of carbonyl (C=O) groups is 1. The molecular formula is C17H20N2O3. The monoisotopic (exact) mass is 300 g/mol. The van der Waals surface area contributed by atoms with E-state index in [4.69, 9.17) is 4.74 Å². The van der Waals surface area contributed by atoms with E-state index in [0.717, 1.165) is 38.1 Å². The van der Waals surface area contributed by atoms with E-state index in [9.17, 15) is 9.59 Å². The van der Waals surface area contributed by atoms with Crippen LogP contribution in [0.5, 0.6) is 0 Å². The standard InChI is InChI=1S/C17H20N2O3/c1-2-22-17(21)12-8-9-13-14(11-12)18-15-7-5-3-4-6-10-19(15)16(13)20/h8-9,11H,2-7,10H2,1H3. The van der Waals surface area contributed by atoms with Crippen molar-refractivity contribution in [3.63, 3.8) is 0 Å². The molecule has 5 heteroatoms. The SMILES string of the molecule is CCOC(=O)c1ccc2c(=O)n3c(nc2c1)CCCCCC3. The second-order valence-corrected chi connectivity index (χ2v) is 5.60. The summed E-state index contributed by atoms with van der Waals surface area (Å²) in [5.74, 6) is 0.455. The van der Waals surface area contributed by atoms with Crippen LogP contribution in [0, 0.1) is 0 Å². The van der Waals surface area contributed by atoms with Crippen LogP contribution in [0.15, 0.2) is 23.0 Å². The van der Waals surface area contributed by atoms with Crippen LogP contribution in [0.25, 0.3) is 10.9 Å². The summed E-state index contributed by atoms with van der Waals surface area (Å²) in [6, 6.07) is 4.98. The highest BCUT2D eigenvalue weighted by Gasteiger charge is 2.15. The highest BCUT2D eigenvalue weighted by Crippen LogP contribution is 2.16. The maximum Gasteiger partial charge on any atom is 0.338 e. The van der Waals surface area contributed by atoms with Gasteiger partial charge in [0.1, 0.15) is 5.82 Å². The Morgan fingerprint density at radius 2 is 2.09 bits per heavy atom. The van der Waals surface area contributed by atoms with Gasteiger partial charge >= 0.3 is 5.97 Å². The minimum atomic E-state index is -0.377. The lowest BCUT2D eigenvalue weighted by Crippen LogP contribution is -2.26. The van der Waals surface area contributed by atoms with Gasteiger partial charge in [0.2, 0.25) is 0 Å². The molecule has 0 fully saturated rings. The first-order valence-electron chi connectivity index (χ1n) is 7.91. The van der Waals surface area contributed by atoms with Crippen LogP contribution in [-0.4, -0.2) is 22.1 Å². The minimum Gasteiger partial charge on any atom is -0.462 e. The van der Waals surface area contributed by atoms with Crippen LogP contribution >= 0.6 is 0 Å². The molecule has 0 unspecified atom stereocenters. The van der Waals surface area contributed by atoms with E-state index in [-0.39, 0.29) is 11.5 Å². The van der Waals surface area contributed by atoms with Gasteiger partial charge in [-0.15, -0.1) is 0 Å². The average Bonchev–Trinajstić information content (AvgIpc) is 2.49. The van der Waals surface area contributed by atoms with Crippen molar-refractivity contribution in [3.8, 4) is 0 Å². The fourth-order valence-corrected chi connectivity index (χ4v) is 2.94. The van der Waals surface area contributed by atoms with E-state index in [1.165, 1.54) is 6.42 Å². The van der Waals surface area contributed by atoms with E-state index in [2.05, 4.69) is 4.98 Å². The zero-order chi connectivity index (χ0) is 15.5. The zero-order valence-electron chi connectivity index (χ0n) is 12.8. The summed E-state index contributed by atoms with van der Waals surface area (Å²) in [7, 11) is 0. The third-order valence-electron chi connectivity index (χ3n) is 4.08. The second-order valence-electron chi connectivity index (χ2n) is 5.60. The van der Waals surface area contributed by atoms with Gasteiger partial charge in [0.05, 0.1) is 23.1 Å². The summed E-state index contributed by atoms with van der Waals surface area (Å²) in [5, 5.41) is 0.567. The van der Waals surface area contributed by atoms with Gasteiger partial charge in [0, 0.05) is 13.0 Å². The molecule has 0 radical (unpaired) electrons. The summed E-state index contributed by atoms with van der Waals surface area (Å²) >= 11 is 0. The molecular weight excluding hydrogens is 280 g/mol. The number of aryl methyl sites for hydroxylation is 1. The maximum atomic E-state index is 12.7. The van der Waals surface area contributed by atoms with Crippen LogP contribution < -0.4 is 5.56 Å². The first-order chi connectivity index (χ1) is 10.7. The van der Waals surface area contributed by atoms with Gasteiger partial charge < -0.3 is 4.74 Å². The quantitative estimate of drug-likeness (QED) is 0.800. The Morgan fingerprint density at radius 3 is 2.91 bits per heavy atom. The molecule has 0 spiro atoms. The molecule has 0 bridgehead atoms. The molecule has 1 aromatic carbocycles. The Labute approximate surface area is 128 Å². The van der Waals surface area contributed by atoms with Crippen LogP contribution in [0.2, 0.25) is 0 Å². The summed E-state index contributed by atoms with van der Waals surface area (Å²) in [6.45, 7) is 2.83. The Hall–Kier alpha value is -2.17. The summed E-state index contributed by atoms with van der Waals surface area (Å²) in [4.78, 5) is 29.1. The molecule has 0 atom stereocenters. The average molecular weight is 300 g/mol. The van der Waals surface area contributed by atoms with Gasteiger partial charge in [0.15, 0.2) is 0 Å². The minimum absolute atomic E-state index is 0.00249. The molecule has 0 N–H and O–H groups in total. The van der Waals surface area contributed by atoms with Crippen LogP contribution in [0.4, 0.5) is 0 Å². The van der Waals surface area contributed by atoms with Crippen molar-refractivity contribution in [3.05, 3.63) is 39.9 Å². The molecule has 3 rings (SSSR count).